The molecule has 46 valence electrons. The number of hydrogen-bond acceptors (Lipinski definition) is 3. The standard InChI is InChI=1S/C5H9NO2/c7-3-1-5-2-4-8-6-5/h2,4-7H,1,3H2. The zero-order chi connectivity index (χ0) is 5.82. The molecular formula is C5H9NO2. The summed E-state index contributed by atoms with van der Waals surface area (Å²) in [5.41, 5.74) is 2.69. The van der Waals surface area contributed by atoms with E-state index in [0.29, 0.717) is 0 Å². The Bertz CT molecular complexity index is 92.4. The molecule has 3 heteroatoms. The van der Waals surface area contributed by atoms with Crippen molar-refractivity contribution in [2.24, 2.45) is 0 Å². The maximum absolute atomic E-state index is 8.40. The maximum Gasteiger partial charge on any atom is 0.109 e. The van der Waals surface area contributed by atoms with Crippen molar-refractivity contribution in [3.63, 3.8) is 0 Å². The molecule has 0 saturated heterocycles. The largest absolute Gasteiger partial charge is 0.416 e. The zero-order valence-corrected chi connectivity index (χ0v) is 4.50. The molecule has 8 heavy (non-hydrogen) atoms. The lowest BCUT2D eigenvalue weighted by atomic mass is 10.2. The van der Waals surface area contributed by atoms with Crippen LogP contribution >= 0.6 is 0 Å². The van der Waals surface area contributed by atoms with Gasteiger partial charge in [-0.3, -0.25) is 0 Å². The Balaban J connectivity index is 2.16. The predicted molar refractivity (Wildman–Crippen MR) is 28.9 cm³/mol. The second kappa shape index (κ2) is 2.69. The van der Waals surface area contributed by atoms with E-state index in [4.69, 9.17) is 5.11 Å². The monoisotopic (exact) mass is 115 g/mol. The van der Waals surface area contributed by atoms with E-state index in [-0.39, 0.29) is 12.6 Å². The van der Waals surface area contributed by atoms with Crippen LogP contribution in [0.3, 0.4) is 0 Å². The topological polar surface area (TPSA) is 41.5 Å². The molecule has 1 atom stereocenters. The molecule has 1 aliphatic rings. The molecule has 0 aromatic rings. The number of hydroxylamine groups is 1. The average molecular weight is 115 g/mol. The Morgan fingerprint density at radius 1 is 1.75 bits per heavy atom. The van der Waals surface area contributed by atoms with Gasteiger partial charge in [-0.15, -0.1) is 0 Å². The molecule has 0 aromatic carbocycles. The Hall–Kier alpha value is -0.540. The highest BCUT2D eigenvalue weighted by atomic mass is 16.6. The molecule has 0 fully saturated rings. The van der Waals surface area contributed by atoms with Gasteiger partial charge in [0.15, 0.2) is 0 Å². The molecule has 0 spiro atoms. The number of aliphatic hydroxyl groups excluding tert-OH is 1. The molecule has 2 N–H and O–H groups in total. The van der Waals surface area contributed by atoms with E-state index in [2.05, 4.69) is 10.3 Å². The van der Waals surface area contributed by atoms with E-state index in [9.17, 15) is 0 Å². The Kier molecular flexibility index (Phi) is 1.88. The molecule has 1 unspecified atom stereocenters. The van der Waals surface area contributed by atoms with Crippen LogP contribution in [0.15, 0.2) is 12.3 Å². The third kappa shape index (κ3) is 1.21. The molecule has 3 nitrogen and oxygen atoms in total. The smallest absolute Gasteiger partial charge is 0.109 e. The van der Waals surface area contributed by atoms with Crippen molar-refractivity contribution >= 4 is 0 Å². The Morgan fingerprint density at radius 2 is 2.62 bits per heavy atom. The van der Waals surface area contributed by atoms with Crippen LogP contribution in [-0.4, -0.2) is 17.8 Å². The van der Waals surface area contributed by atoms with Gasteiger partial charge in [-0.05, 0) is 12.5 Å². The van der Waals surface area contributed by atoms with E-state index >= 15 is 0 Å². The fourth-order valence-electron chi connectivity index (χ4n) is 0.594. The van der Waals surface area contributed by atoms with Crippen molar-refractivity contribution in [2.75, 3.05) is 6.61 Å². The van der Waals surface area contributed by atoms with E-state index in [1.807, 2.05) is 6.08 Å². The van der Waals surface area contributed by atoms with E-state index in [1.54, 1.807) is 6.26 Å². The van der Waals surface area contributed by atoms with Gasteiger partial charge >= 0.3 is 0 Å². The summed E-state index contributed by atoms with van der Waals surface area (Å²) < 4.78 is 0. The molecule has 0 radical (unpaired) electrons. The van der Waals surface area contributed by atoms with Gasteiger partial charge in [0.05, 0.1) is 6.04 Å². The highest BCUT2D eigenvalue weighted by Crippen LogP contribution is 1.98. The van der Waals surface area contributed by atoms with Crippen molar-refractivity contribution in [2.45, 2.75) is 12.5 Å². The SMILES string of the molecule is OCCC1C=CON1. The number of nitrogens with one attached hydrogen (secondary N) is 1. The summed E-state index contributed by atoms with van der Waals surface area (Å²) >= 11 is 0. The quantitative estimate of drug-likeness (QED) is 0.523. The van der Waals surface area contributed by atoms with Crippen molar-refractivity contribution in [1.82, 2.24) is 5.48 Å². The molecule has 1 aliphatic heterocycles. The molecule has 0 aliphatic carbocycles. The van der Waals surface area contributed by atoms with E-state index in [0.717, 1.165) is 6.42 Å². The Morgan fingerprint density at radius 3 is 3.12 bits per heavy atom. The van der Waals surface area contributed by atoms with Gasteiger partial charge in [0, 0.05) is 6.61 Å². The first-order valence-electron chi connectivity index (χ1n) is 2.62. The lowest BCUT2D eigenvalue weighted by Crippen LogP contribution is -2.21. The van der Waals surface area contributed by atoms with Crippen molar-refractivity contribution in [3.8, 4) is 0 Å². The van der Waals surface area contributed by atoms with Crippen molar-refractivity contribution < 1.29 is 9.94 Å². The second-order valence-electron chi connectivity index (χ2n) is 1.68. The van der Waals surface area contributed by atoms with Gasteiger partial charge in [0.1, 0.15) is 6.26 Å². The van der Waals surface area contributed by atoms with E-state index in [1.165, 1.54) is 0 Å². The second-order valence-corrected chi connectivity index (χ2v) is 1.68. The summed E-state index contributed by atoms with van der Waals surface area (Å²) in [6.07, 6.45) is 4.17. The molecule has 0 aromatic heterocycles. The molecule has 0 bridgehead atoms. The summed E-state index contributed by atoms with van der Waals surface area (Å²) in [6, 6.07) is 0.208. The number of hydrogen-bond donors (Lipinski definition) is 2. The van der Waals surface area contributed by atoms with Crippen LogP contribution in [0.25, 0.3) is 0 Å². The summed E-state index contributed by atoms with van der Waals surface area (Å²) in [7, 11) is 0. The van der Waals surface area contributed by atoms with Gasteiger partial charge in [-0.2, -0.15) is 5.48 Å². The normalized spacial score (nSPS) is 25.9. The summed E-state index contributed by atoms with van der Waals surface area (Å²) in [6.45, 7) is 0.200. The van der Waals surface area contributed by atoms with Crippen molar-refractivity contribution in [1.29, 1.82) is 0 Å². The third-order valence-corrected chi connectivity index (χ3v) is 1.04. The first-order chi connectivity index (χ1) is 3.93. The molecular weight excluding hydrogens is 106 g/mol. The minimum atomic E-state index is 0.200. The molecule has 1 heterocycles. The lowest BCUT2D eigenvalue weighted by Gasteiger charge is -2.02. The first kappa shape index (κ1) is 5.59. The first-order valence-corrected chi connectivity index (χ1v) is 2.62. The third-order valence-electron chi connectivity index (χ3n) is 1.04. The minimum Gasteiger partial charge on any atom is -0.416 e. The average Bonchev–Trinajstić information content (AvgIpc) is 2.19. The highest BCUT2D eigenvalue weighted by molar-refractivity contribution is 4.90. The van der Waals surface area contributed by atoms with Gasteiger partial charge < -0.3 is 9.94 Å². The predicted octanol–water partition coefficient (Wildman–Crippen LogP) is -0.214. The minimum absolute atomic E-state index is 0.200. The van der Waals surface area contributed by atoms with Crippen LogP contribution in [0, 0.1) is 0 Å². The van der Waals surface area contributed by atoms with Crippen LogP contribution < -0.4 is 5.48 Å². The van der Waals surface area contributed by atoms with Gasteiger partial charge in [-0.25, -0.2) is 0 Å². The highest BCUT2D eigenvalue weighted by Gasteiger charge is 2.06. The van der Waals surface area contributed by atoms with Gasteiger partial charge in [-0.1, -0.05) is 0 Å². The Labute approximate surface area is 47.9 Å². The zero-order valence-electron chi connectivity index (χ0n) is 4.50. The van der Waals surface area contributed by atoms with Crippen LogP contribution in [0.5, 0.6) is 0 Å². The lowest BCUT2D eigenvalue weighted by molar-refractivity contribution is 0.130. The summed E-state index contributed by atoms with van der Waals surface area (Å²) in [4.78, 5) is 4.67. The number of rotatable bonds is 2. The molecule has 0 saturated carbocycles. The maximum atomic E-state index is 8.40. The van der Waals surface area contributed by atoms with Crippen LogP contribution in [0.2, 0.25) is 0 Å². The van der Waals surface area contributed by atoms with Crippen LogP contribution in [-0.2, 0) is 4.84 Å². The number of aliphatic hydroxyl groups is 1. The van der Waals surface area contributed by atoms with Crippen LogP contribution in [0.4, 0.5) is 0 Å². The summed E-state index contributed by atoms with van der Waals surface area (Å²) in [5, 5.41) is 8.40. The summed E-state index contributed by atoms with van der Waals surface area (Å²) in [5.74, 6) is 0. The molecule has 1 rings (SSSR count). The van der Waals surface area contributed by atoms with Gasteiger partial charge in [0.25, 0.3) is 0 Å². The molecule has 0 amide bonds. The van der Waals surface area contributed by atoms with Crippen LogP contribution in [0.1, 0.15) is 6.42 Å². The fourth-order valence-corrected chi connectivity index (χ4v) is 0.594. The van der Waals surface area contributed by atoms with Crippen molar-refractivity contribution in [3.05, 3.63) is 12.3 Å². The van der Waals surface area contributed by atoms with Gasteiger partial charge in [0.2, 0.25) is 0 Å². The van der Waals surface area contributed by atoms with E-state index < -0.39 is 0 Å². The fraction of sp³-hybridized carbons (Fsp3) is 0.600.